The number of amides is 3. The molecule has 12 heteroatoms. The number of ketones is 2. The minimum absolute atomic E-state index is 0.0103. The molecule has 3 amide bonds. The Hall–Kier alpha value is -4.81. The fraction of sp³-hybridized carbons (Fsp3) is 0.452. The molecule has 54 heavy (non-hydrogen) atoms. The zero-order valence-corrected chi connectivity index (χ0v) is 31.2. The Kier molecular flexibility index (Phi) is 13.1. The van der Waals surface area contributed by atoms with E-state index in [0.29, 0.717) is 43.5 Å². The highest BCUT2D eigenvalue weighted by atomic mass is 19.1. The number of nitrogens with two attached hydrogens (primary N) is 1. The lowest BCUT2D eigenvalue weighted by atomic mass is 9.82. The highest BCUT2D eigenvalue weighted by molar-refractivity contribution is 6.12. The number of hydrogen-bond donors (Lipinski definition) is 2. The third-order valence-corrected chi connectivity index (χ3v) is 10.5. The quantitative estimate of drug-likeness (QED) is 0.168. The molecule has 5 rings (SSSR count). The predicted molar refractivity (Wildman–Crippen MR) is 199 cm³/mol. The second-order valence-electron chi connectivity index (χ2n) is 15.6. The molecule has 0 saturated heterocycles. The van der Waals surface area contributed by atoms with Crippen molar-refractivity contribution in [1.29, 1.82) is 0 Å². The van der Waals surface area contributed by atoms with Gasteiger partial charge < -0.3 is 20.3 Å². The Balaban J connectivity index is 1.28. The third-order valence-electron chi connectivity index (χ3n) is 10.5. The maximum atomic E-state index is 15.1. The summed E-state index contributed by atoms with van der Waals surface area (Å²) in [7, 11) is 0. The number of carbonyl (C=O) groups is 5. The molecule has 4 atom stereocenters. The lowest BCUT2D eigenvalue weighted by Gasteiger charge is -2.41. The van der Waals surface area contributed by atoms with E-state index >= 15 is 4.39 Å². The van der Waals surface area contributed by atoms with E-state index in [0.717, 1.165) is 28.7 Å². The number of carbonyl (C=O) groups excluding carboxylic acids is 5. The smallest absolute Gasteiger partial charge is 0.253 e. The van der Waals surface area contributed by atoms with Crippen molar-refractivity contribution in [2.24, 2.45) is 23.0 Å². The van der Waals surface area contributed by atoms with Crippen molar-refractivity contribution < 1.29 is 37.9 Å². The summed E-state index contributed by atoms with van der Waals surface area (Å²) in [5, 5.41) is 10.1. The van der Waals surface area contributed by atoms with Crippen LogP contribution in [-0.2, 0) is 30.5 Å². The predicted octanol–water partition coefficient (Wildman–Crippen LogP) is 5.76. The molecule has 2 heterocycles. The number of imide groups is 1. The molecule has 1 saturated carbocycles. The number of benzene rings is 2. The van der Waals surface area contributed by atoms with Crippen LogP contribution in [-0.4, -0.2) is 74.5 Å². The standard InChI is InChI=1S/C42H50F2N4O6/c1-42(2,3)41(35-22-30(32-23-31(43)13-14-33(32)44)25-46(35)24-27-8-5-4-6-9-27)48(40(54)26-49)19-17-34(45)37(51)21-28-11-12-29(20-28)36(50)10-7-18-47-38(52)15-16-39(47)53/h4-6,8-9,13-16,22-23,25,28-29,34,41,49H,7,10-12,17-21,24,26,45H2,1-3H3/t28-,29-,34+,41+/m1/s1. The maximum Gasteiger partial charge on any atom is 0.253 e. The highest BCUT2D eigenvalue weighted by Gasteiger charge is 2.38. The Bertz CT molecular complexity index is 1870. The van der Waals surface area contributed by atoms with Crippen LogP contribution in [0.4, 0.5) is 8.78 Å². The van der Waals surface area contributed by atoms with E-state index in [1.54, 1.807) is 12.3 Å². The van der Waals surface area contributed by atoms with E-state index in [9.17, 15) is 33.5 Å². The lowest BCUT2D eigenvalue weighted by molar-refractivity contribution is -0.140. The van der Waals surface area contributed by atoms with Gasteiger partial charge in [0.15, 0.2) is 0 Å². The van der Waals surface area contributed by atoms with Gasteiger partial charge in [0.25, 0.3) is 11.8 Å². The number of halogens is 2. The Morgan fingerprint density at radius 1 is 1.00 bits per heavy atom. The van der Waals surface area contributed by atoms with Crippen LogP contribution in [0.15, 0.2) is 72.9 Å². The van der Waals surface area contributed by atoms with Gasteiger partial charge in [-0.05, 0) is 73.3 Å². The molecule has 1 aromatic heterocycles. The zero-order chi connectivity index (χ0) is 39.2. The number of rotatable bonds is 17. The first kappa shape index (κ1) is 40.4. The van der Waals surface area contributed by atoms with Crippen molar-refractivity contribution in [3.63, 3.8) is 0 Å². The Labute approximate surface area is 315 Å². The van der Waals surface area contributed by atoms with Gasteiger partial charge in [-0.2, -0.15) is 0 Å². The molecule has 0 unspecified atom stereocenters. The van der Waals surface area contributed by atoms with Gasteiger partial charge in [-0.15, -0.1) is 0 Å². The van der Waals surface area contributed by atoms with Gasteiger partial charge in [-0.25, -0.2) is 8.78 Å². The number of hydrogen-bond acceptors (Lipinski definition) is 7. The molecule has 2 aromatic carbocycles. The normalized spacial score (nSPS) is 18.3. The van der Waals surface area contributed by atoms with E-state index < -0.39 is 41.6 Å². The monoisotopic (exact) mass is 744 g/mol. The topological polar surface area (TPSA) is 143 Å². The summed E-state index contributed by atoms with van der Waals surface area (Å²) in [5.41, 5.74) is 7.93. The fourth-order valence-corrected chi connectivity index (χ4v) is 7.80. The van der Waals surface area contributed by atoms with Crippen molar-refractivity contribution in [2.75, 3.05) is 19.7 Å². The maximum absolute atomic E-state index is 15.1. The number of aliphatic hydroxyl groups excluding tert-OH is 1. The number of Topliss-reactive ketones (excluding diaryl/α,β-unsaturated/α-hetero) is 2. The van der Waals surface area contributed by atoms with Crippen molar-refractivity contribution in [2.45, 2.75) is 84.3 Å². The first-order valence-corrected chi connectivity index (χ1v) is 18.6. The zero-order valence-electron chi connectivity index (χ0n) is 31.2. The van der Waals surface area contributed by atoms with Gasteiger partial charge in [0.2, 0.25) is 5.91 Å². The number of nitrogens with zero attached hydrogens (tertiary/aromatic N) is 3. The second-order valence-corrected chi connectivity index (χ2v) is 15.6. The van der Waals surface area contributed by atoms with Crippen molar-refractivity contribution in [1.82, 2.24) is 14.4 Å². The van der Waals surface area contributed by atoms with Crippen molar-refractivity contribution >= 4 is 29.3 Å². The summed E-state index contributed by atoms with van der Waals surface area (Å²) in [6.45, 7) is 5.68. The lowest BCUT2D eigenvalue weighted by Crippen LogP contribution is -2.46. The molecular formula is C42H50F2N4O6. The highest BCUT2D eigenvalue weighted by Crippen LogP contribution is 2.41. The summed E-state index contributed by atoms with van der Waals surface area (Å²) in [5.74, 6) is -2.80. The van der Waals surface area contributed by atoms with E-state index in [2.05, 4.69) is 0 Å². The van der Waals surface area contributed by atoms with Gasteiger partial charge in [-0.1, -0.05) is 51.1 Å². The van der Waals surface area contributed by atoms with Crippen LogP contribution >= 0.6 is 0 Å². The van der Waals surface area contributed by atoms with Crippen molar-refractivity contribution in [3.05, 3.63) is 95.8 Å². The van der Waals surface area contributed by atoms with Gasteiger partial charge in [0.05, 0.1) is 12.1 Å². The van der Waals surface area contributed by atoms with Crippen molar-refractivity contribution in [3.8, 4) is 11.1 Å². The van der Waals surface area contributed by atoms with Gasteiger partial charge in [-0.3, -0.25) is 28.9 Å². The van der Waals surface area contributed by atoms with Crippen LogP contribution in [0.25, 0.3) is 11.1 Å². The minimum Gasteiger partial charge on any atom is -0.387 e. The minimum atomic E-state index is -0.897. The van der Waals surface area contributed by atoms with Gasteiger partial charge in [0.1, 0.15) is 29.8 Å². The van der Waals surface area contributed by atoms with Crippen LogP contribution in [0.3, 0.4) is 0 Å². The van der Waals surface area contributed by atoms with Gasteiger partial charge in [0, 0.05) is 73.6 Å². The average Bonchev–Trinajstić information content (AvgIpc) is 3.86. The molecule has 3 N–H and O–H groups in total. The number of aromatic nitrogens is 1. The number of aliphatic hydroxyl groups is 1. The SMILES string of the molecule is CC(C)(C)[C@H](c1cc(-c2cc(F)ccc2F)cn1Cc1ccccc1)N(CC[C@H](N)C(=O)C[C@@H]1CC[C@@H](C(=O)CCCN2C(=O)C=CC2=O)C1)C(=O)CO. The summed E-state index contributed by atoms with van der Waals surface area (Å²) < 4.78 is 31.3. The van der Waals surface area contributed by atoms with Crippen LogP contribution in [0.2, 0.25) is 0 Å². The Morgan fingerprint density at radius 2 is 1.70 bits per heavy atom. The summed E-state index contributed by atoms with van der Waals surface area (Å²) in [6.07, 6.45) is 7.07. The molecule has 0 spiro atoms. The van der Waals surface area contributed by atoms with Crippen LogP contribution < -0.4 is 5.73 Å². The van der Waals surface area contributed by atoms with Crippen LogP contribution in [0, 0.1) is 28.9 Å². The van der Waals surface area contributed by atoms with E-state index in [1.807, 2.05) is 55.7 Å². The fourth-order valence-electron chi connectivity index (χ4n) is 7.80. The summed E-state index contributed by atoms with van der Waals surface area (Å²) in [6, 6.07) is 13.1. The Morgan fingerprint density at radius 3 is 2.37 bits per heavy atom. The van der Waals surface area contributed by atoms with E-state index in [1.165, 1.54) is 17.1 Å². The van der Waals surface area contributed by atoms with Crippen LogP contribution in [0.1, 0.15) is 83.0 Å². The average molecular weight is 745 g/mol. The molecule has 0 radical (unpaired) electrons. The summed E-state index contributed by atoms with van der Waals surface area (Å²) in [4.78, 5) is 66.0. The molecule has 288 valence electrons. The largest absolute Gasteiger partial charge is 0.387 e. The summed E-state index contributed by atoms with van der Waals surface area (Å²) >= 11 is 0. The first-order chi connectivity index (χ1) is 25.7. The second kappa shape index (κ2) is 17.6. The molecule has 0 bridgehead atoms. The van der Waals surface area contributed by atoms with E-state index in [-0.39, 0.29) is 73.1 Å². The van der Waals surface area contributed by atoms with Gasteiger partial charge >= 0.3 is 0 Å². The molecule has 2 aliphatic rings. The van der Waals surface area contributed by atoms with E-state index in [4.69, 9.17) is 5.73 Å². The molecule has 3 aromatic rings. The molecule has 1 aliphatic carbocycles. The molecule has 10 nitrogen and oxygen atoms in total. The molecule has 1 fully saturated rings. The van der Waals surface area contributed by atoms with Crippen LogP contribution in [0.5, 0.6) is 0 Å². The molecule has 1 aliphatic heterocycles. The first-order valence-electron chi connectivity index (χ1n) is 18.6. The molecular weight excluding hydrogens is 694 g/mol. The third kappa shape index (κ3) is 9.83.